The Hall–Kier alpha value is -2.87. The van der Waals surface area contributed by atoms with Gasteiger partial charge in [0.2, 0.25) is 0 Å². The third kappa shape index (κ3) is 4.69. The maximum atomic E-state index is 5.64. The van der Waals surface area contributed by atoms with E-state index in [0.29, 0.717) is 12.5 Å². The molecule has 0 aliphatic heterocycles. The van der Waals surface area contributed by atoms with Gasteiger partial charge < -0.3 is 4.84 Å². The molecule has 1 aliphatic rings. The molecule has 0 aromatic heterocycles. The van der Waals surface area contributed by atoms with Crippen LogP contribution in [0.1, 0.15) is 54.7 Å². The van der Waals surface area contributed by atoms with Crippen molar-refractivity contribution >= 4 is 6.21 Å². The molecule has 1 saturated carbocycles. The molecule has 0 atom stereocenters. The van der Waals surface area contributed by atoms with Gasteiger partial charge in [0.05, 0.1) is 6.21 Å². The zero-order valence-corrected chi connectivity index (χ0v) is 16.3. The minimum atomic E-state index is 0.462. The molecule has 3 aromatic carbocycles. The van der Waals surface area contributed by atoms with E-state index in [1.807, 2.05) is 18.3 Å². The molecule has 1 aliphatic carbocycles. The summed E-state index contributed by atoms with van der Waals surface area (Å²) in [7, 11) is 0. The van der Waals surface area contributed by atoms with Gasteiger partial charge in [0.1, 0.15) is 6.61 Å². The van der Waals surface area contributed by atoms with Gasteiger partial charge >= 0.3 is 0 Å². The van der Waals surface area contributed by atoms with Crippen LogP contribution < -0.4 is 0 Å². The SMILES string of the molecule is C(=NOCc1ccccc1-c1ccccc1)c1cccc(C2CCCCC2)c1. The highest BCUT2D eigenvalue weighted by Gasteiger charge is 2.15. The van der Waals surface area contributed by atoms with Gasteiger partial charge in [0, 0.05) is 0 Å². The Bertz CT molecular complexity index is 910. The molecule has 142 valence electrons. The molecule has 0 N–H and O–H groups in total. The topological polar surface area (TPSA) is 21.6 Å². The van der Waals surface area contributed by atoms with Gasteiger partial charge in [-0.05, 0) is 52.6 Å². The second kappa shape index (κ2) is 9.36. The molecule has 4 rings (SSSR count). The molecule has 2 nitrogen and oxygen atoms in total. The van der Waals surface area contributed by atoms with Gasteiger partial charge in [-0.15, -0.1) is 0 Å². The molecular weight excluding hydrogens is 342 g/mol. The van der Waals surface area contributed by atoms with Crippen molar-refractivity contribution in [3.8, 4) is 11.1 Å². The number of nitrogens with zero attached hydrogens (tertiary/aromatic N) is 1. The van der Waals surface area contributed by atoms with Crippen LogP contribution in [-0.4, -0.2) is 6.21 Å². The van der Waals surface area contributed by atoms with Crippen LogP contribution in [-0.2, 0) is 11.4 Å². The van der Waals surface area contributed by atoms with Gasteiger partial charge in [0.25, 0.3) is 0 Å². The number of hydrogen-bond donors (Lipinski definition) is 0. The fourth-order valence-electron chi connectivity index (χ4n) is 4.08. The fraction of sp³-hybridized carbons (Fsp3) is 0.269. The zero-order chi connectivity index (χ0) is 19.0. The van der Waals surface area contributed by atoms with Gasteiger partial charge in [-0.3, -0.25) is 0 Å². The first kappa shape index (κ1) is 18.5. The second-order valence-corrected chi connectivity index (χ2v) is 7.54. The molecule has 0 unspecified atom stereocenters. The lowest BCUT2D eigenvalue weighted by atomic mass is 9.84. The summed E-state index contributed by atoms with van der Waals surface area (Å²) >= 11 is 0. The Morgan fingerprint density at radius 3 is 2.46 bits per heavy atom. The summed E-state index contributed by atoms with van der Waals surface area (Å²) in [6.07, 6.45) is 8.55. The minimum absolute atomic E-state index is 0.462. The van der Waals surface area contributed by atoms with Crippen LogP contribution in [0.15, 0.2) is 84.0 Å². The van der Waals surface area contributed by atoms with E-state index in [-0.39, 0.29) is 0 Å². The summed E-state index contributed by atoms with van der Waals surface area (Å²) < 4.78 is 0. The Morgan fingerprint density at radius 2 is 1.61 bits per heavy atom. The molecule has 0 heterocycles. The van der Waals surface area contributed by atoms with Gasteiger partial charge in [0.15, 0.2) is 0 Å². The molecule has 1 fully saturated rings. The first-order valence-corrected chi connectivity index (χ1v) is 10.3. The summed E-state index contributed by atoms with van der Waals surface area (Å²) in [6, 6.07) is 27.5. The average Bonchev–Trinajstić information content (AvgIpc) is 2.78. The van der Waals surface area contributed by atoms with Crippen LogP contribution in [0, 0.1) is 0 Å². The van der Waals surface area contributed by atoms with Crippen molar-refractivity contribution in [1.82, 2.24) is 0 Å². The highest BCUT2D eigenvalue weighted by Crippen LogP contribution is 2.32. The van der Waals surface area contributed by atoms with E-state index in [9.17, 15) is 0 Å². The van der Waals surface area contributed by atoms with Gasteiger partial charge in [-0.25, -0.2) is 0 Å². The molecule has 0 spiro atoms. The highest BCUT2D eigenvalue weighted by atomic mass is 16.6. The quantitative estimate of drug-likeness (QED) is 0.340. The first-order valence-electron chi connectivity index (χ1n) is 10.3. The smallest absolute Gasteiger partial charge is 0.142 e. The van der Waals surface area contributed by atoms with Crippen molar-refractivity contribution in [1.29, 1.82) is 0 Å². The summed E-state index contributed by atoms with van der Waals surface area (Å²) in [5.41, 5.74) is 6.09. The van der Waals surface area contributed by atoms with E-state index in [0.717, 1.165) is 11.1 Å². The summed E-state index contributed by atoms with van der Waals surface area (Å²) in [4.78, 5) is 5.64. The van der Waals surface area contributed by atoms with Gasteiger partial charge in [-0.1, -0.05) is 97.2 Å². The van der Waals surface area contributed by atoms with Crippen molar-refractivity contribution in [2.45, 2.75) is 44.6 Å². The summed E-state index contributed by atoms with van der Waals surface area (Å²) in [5.74, 6) is 0.709. The van der Waals surface area contributed by atoms with Gasteiger partial charge in [-0.2, -0.15) is 0 Å². The molecule has 0 saturated heterocycles. The van der Waals surface area contributed by atoms with E-state index in [1.165, 1.54) is 48.8 Å². The van der Waals surface area contributed by atoms with Crippen LogP contribution in [0.25, 0.3) is 11.1 Å². The lowest BCUT2D eigenvalue weighted by Gasteiger charge is -2.22. The molecule has 2 heteroatoms. The first-order chi connectivity index (χ1) is 13.9. The Kier molecular flexibility index (Phi) is 6.18. The Morgan fingerprint density at radius 1 is 0.821 bits per heavy atom. The van der Waals surface area contributed by atoms with Crippen LogP contribution in [0.5, 0.6) is 0 Å². The predicted octanol–water partition coefficient (Wildman–Crippen LogP) is 6.95. The number of benzene rings is 3. The Balaban J connectivity index is 1.40. The highest BCUT2D eigenvalue weighted by molar-refractivity contribution is 5.79. The van der Waals surface area contributed by atoms with E-state index >= 15 is 0 Å². The molecular formula is C26H27NO. The van der Waals surface area contributed by atoms with Crippen LogP contribution in [0.2, 0.25) is 0 Å². The summed E-state index contributed by atoms with van der Waals surface area (Å²) in [5, 5.41) is 4.23. The third-order valence-electron chi connectivity index (χ3n) is 5.59. The monoisotopic (exact) mass is 369 g/mol. The van der Waals surface area contributed by atoms with Crippen LogP contribution in [0.4, 0.5) is 0 Å². The van der Waals surface area contributed by atoms with Crippen molar-refractivity contribution in [3.63, 3.8) is 0 Å². The van der Waals surface area contributed by atoms with Crippen LogP contribution >= 0.6 is 0 Å². The number of oxime groups is 1. The lowest BCUT2D eigenvalue weighted by molar-refractivity contribution is 0.132. The lowest BCUT2D eigenvalue weighted by Crippen LogP contribution is -2.04. The van der Waals surface area contributed by atoms with E-state index < -0.39 is 0 Å². The molecule has 28 heavy (non-hydrogen) atoms. The normalized spacial score (nSPS) is 15.0. The minimum Gasteiger partial charge on any atom is -0.391 e. The molecule has 0 radical (unpaired) electrons. The third-order valence-corrected chi connectivity index (χ3v) is 5.59. The van der Waals surface area contributed by atoms with Crippen molar-refractivity contribution < 1.29 is 4.84 Å². The summed E-state index contributed by atoms with van der Waals surface area (Å²) in [6.45, 7) is 0.462. The predicted molar refractivity (Wildman–Crippen MR) is 117 cm³/mol. The second-order valence-electron chi connectivity index (χ2n) is 7.54. The number of rotatable bonds is 6. The van der Waals surface area contributed by atoms with Crippen molar-refractivity contribution in [3.05, 3.63) is 95.6 Å². The van der Waals surface area contributed by atoms with Crippen molar-refractivity contribution in [2.75, 3.05) is 0 Å². The van der Waals surface area contributed by atoms with Crippen molar-refractivity contribution in [2.24, 2.45) is 5.16 Å². The average molecular weight is 370 g/mol. The van der Waals surface area contributed by atoms with E-state index in [4.69, 9.17) is 4.84 Å². The zero-order valence-electron chi connectivity index (χ0n) is 16.3. The maximum Gasteiger partial charge on any atom is 0.142 e. The Labute approximate surface area is 167 Å². The standard InChI is InChI=1S/C26H27NO/c1-3-11-22(12-4-1)24-16-9-10-21(18-24)19-27-28-20-25-15-7-8-17-26(25)23-13-5-2-6-14-23/h2,5-10,13-19,22H,1,3-4,11-12,20H2. The van der Waals surface area contributed by atoms with E-state index in [1.54, 1.807) is 0 Å². The molecule has 0 amide bonds. The fourth-order valence-corrected chi connectivity index (χ4v) is 4.08. The maximum absolute atomic E-state index is 5.64. The molecule has 0 bridgehead atoms. The number of hydrogen-bond acceptors (Lipinski definition) is 2. The molecule has 3 aromatic rings. The van der Waals surface area contributed by atoms with Crippen LogP contribution in [0.3, 0.4) is 0 Å². The largest absolute Gasteiger partial charge is 0.391 e. The van der Waals surface area contributed by atoms with E-state index in [2.05, 4.69) is 71.9 Å².